The lowest BCUT2D eigenvalue weighted by Crippen LogP contribution is -2.31. The van der Waals surface area contributed by atoms with Crippen LogP contribution in [0.5, 0.6) is 0 Å². The molecule has 4 aromatic rings. The smallest absolute Gasteiger partial charge is 0.263 e. The fourth-order valence-electron chi connectivity index (χ4n) is 3.18. The van der Waals surface area contributed by atoms with Crippen molar-refractivity contribution in [2.75, 3.05) is 5.32 Å². The van der Waals surface area contributed by atoms with Gasteiger partial charge >= 0.3 is 0 Å². The summed E-state index contributed by atoms with van der Waals surface area (Å²) in [6.07, 6.45) is 2.38. The molecule has 8 nitrogen and oxygen atoms in total. The number of rotatable bonds is 7. The molecule has 0 aliphatic carbocycles. The second-order valence-electron chi connectivity index (χ2n) is 7.38. The Morgan fingerprint density at radius 3 is 2.74 bits per heavy atom. The van der Waals surface area contributed by atoms with Gasteiger partial charge in [-0.05, 0) is 43.2 Å². The highest BCUT2D eigenvalue weighted by Gasteiger charge is 2.12. The molecule has 31 heavy (non-hydrogen) atoms. The third-order valence-corrected chi connectivity index (χ3v) is 5.08. The van der Waals surface area contributed by atoms with Crippen molar-refractivity contribution in [2.45, 2.75) is 32.9 Å². The first-order chi connectivity index (χ1) is 15.0. The number of amides is 1. The second kappa shape index (κ2) is 8.83. The molecule has 0 saturated heterocycles. The molecule has 8 heteroatoms. The van der Waals surface area contributed by atoms with E-state index in [4.69, 9.17) is 0 Å². The number of para-hydroxylation sites is 1. The normalized spacial score (nSPS) is 11.9. The molecule has 0 bridgehead atoms. The van der Waals surface area contributed by atoms with Gasteiger partial charge in [-0.25, -0.2) is 4.68 Å². The average Bonchev–Trinajstić information content (AvgIpc) is 3.23. The number of hydrogen-bond donors (Lipinski definition) is 3. The molecule has 0 radical (unpaired) electrons. The molecule has 0 spiro atoms. The van der Waals surface area contributed by atoms with E-state index in [2.05, 4.69) is 25.7 Å². The minimum absolute atomic E-state index is 0.101. The van der Waals surface area contributed by atoms with Crippen molar-refractivity contribution in [3.63, 3.8) is 0 Å². The molecular formula is C23H24N6O2. The Balaban J connectivity index is 1.55. The second-order valence-corrected chi connectivity index (χ2v) is 7.38. The van der Waals surface area contributed by atoms with Crippen molar-refractivity contribution >= 4 is 22.9 Å². The van der Waals surface area contributed by atoms with Gasteiger partial charge in [0.25, 0.3) is 11.5 Å². The Labute approximate surface area is 179 Å². The number of benzene rings is 2. The summed E-state index contributed by atoms with van der Waals surface area (Å²) in [4.78, 5) is 32.2. The molecule has 0 fully saturated rings. The van der Waals surface area contributed by atoms with Gasteiger partial charge in [-0.2, -0.15) is 10.1 Å². The number of carbonyl (C=O) groups excluding carboxylic acids is 1. The van der Waals surface area contributed by atoms with E-state index < -0.39 is 0 Å². The van der Waals surface area contributed by atoms with Gasteiger partial charge in [0.05, 0.1) is 11.9 Å². The number of aromatic amines is 1. The number of nitrogens with zero attached hydrogens (tertiary/aromatic N) is 3. The summed E-state index contributed by atoms with van der Waals surface area (Å²) in [7, 11) is 0. The van der Waals surface area contributed by atoms with Crippen LogP contribution in [0.2, 0.25) is 0 Å². The highest BCUT2D eigenvalue weighted by Crippen LogP contribution is 2.15. The minimum Gasteiger partial charge on any atom is -0.352 e. The molecule has 2 aromatic heterocycles. The zero-order valence-corrected chi connectivity index (χ0v) is 17.4. The fraction of sp³-hybridized carbons (Fsp3) is 0.217. The van der Waals surface area contributed by atoms with Crippen LogP contribution >= 0.6 is 0 Å². The molecule has 4 rings (SSSR count). The summed E-state index contributed by atoms with van der Waals surface area (Å²) in [6.45, 7) is 4.40. The summed E-state index contributed by atoms with van der Waals surface area (Å²) in [5.74, 6) is 0.237. The molecule has 158 valence electrons. The van der Waals surface area contributed by atoms with Crippen molar-refractivity contribution in [1.29, 1.82) is 0 Å². The number of anilines is 1. The number of hydrogen-bond acceptors (Lipinski definition) is 5. The largest absolute Gasteiger partial charge is 0.352 e. The summed E-state index contributed by atoms with van der Waals surface area (Å²) in [5.41, 5.74) is 2.52. The topological polar surface area (TPSA) is 105 Å². The van der Waals surface area contributed by atoms with Crippen LogP contribution in [0.25, 0.3) is 16.7 Å². The van der Waals surface area contributed by atoms with Crippen molar-refractivity contribution in [3.8, 4) is 5.69 Å². The van der Waals surface area contributed by atoms with Gasteiger partial charge in [-0.1, -0.05) is 37.3 Å². The molecule has 1 unspecified atom stereocenters. The zero-order chi connectivity index (χ0) is 21.8. The molecule has 3 N–H and O–H groups in total. The lowest BCUT2D eigenvalue weighted by Gasteiger charge is -2.12. The zero-order valence-electron chi connectivity index (χ0n) is 17.4. The van der Waals surface area contributed by atoms with E-state index in [9.17, 15) is 9.59 Å². The van der Waals surface area contributed by atoms with Gasteiger partial charge < -0.3 is 10.6 Å². The van der Waals surface area contributed by atoms with Gasteiger partial charge in [0.1, 0.15) is 5.39 Å². The Morgan fingerprint density at radius 2 is 1.97 bits per heavy atom. The highest BCUT2D eigenvalue weighted by atomic mass is 16.1. The maximum atomic E-state index is 12.5. The van der Waals surface area contributed by atoms with Crippen molar-refractivity contribution < 1.29 is 4.79 Å². The lowest BCUT2D eigenvalue weighted by molar-refractivity contribution is 0.0939. The Hall–Kier alpha value is -3.94. The first-order valence-corrected chi connectivity index (χ1v) is 10.2. The van der Waals surface area contributed by atoms with Gasteiger partial charge in [0, 0.05) is 18.2 Å². The van der Waals surface area contributed by atoms with Crippen LogP contribution in [0, 0.1) is 0 Å². The Kier molecular flexibility index (Phi) is 5.79. The monoisotopic (exact) mass is 416 g/mol. The molecule has 2 heterocycles. The van der Waals surface area contributed by atoms with E-state index in [0.717, 1.165) is 17.7 Å². The van der Waals surface area contributed by atoms with Crippen LogP contribution in [0.4, 0.5) is 5.95 Å². The third kappa shape index (κ3) is 4.48. The van der Waals surface area contributed by atoms with E-state index in [1.165, 1.54) is 6.20 Å². The molecule has 1 atom stereocenters. The number of carbonyl (C=O) groups is 1. The summed E-state index contributed by atoms with van der Waals surface area (Å²) >= 11 is 0. The van der Waals surface area contributed by atoms with Crippen molar-refractivity contribution in [2.24, 2.45) is 0 Å². The van der Waals surface area contributed by atoms with Crippen LogP contribution in [-0.4, -0.2) is 31.7 Å². The number of fused-ring (bicyclic) bond motifs is 1. The quantitative estimate of drug-likeness (QED) is 0.429. The van der Waals surface area contributed by atoms with Gasteiger partial charge in [0.15, 0.2) is 5.65 Å². The highest BCUT2D eigenvalue weighted by molar-refractivity contribution is 5.94. The molecule has 0 saturated carbocycles. The van der Waals surface area contributed by atoms with E-state index in [-0.39, 0.29) is 17.5 Å². The van der Waals surface area contributed by atoms with Crippen LogP contribution in [-0.2, 0) is 6.54 Å². The van der Waals surface area contributed by atoms with E-state index >= 15 is 0 Å². The maximum Gasteiger partial charge on any atom is 0.263 e. The lowest BCUT2D eigenvalue weighted by atomic mass is 10.1. The molecule has 2 aromatic carbocycles. The predicted octanol–water partition coefficient (Wildman–Crippen LogP) is 3.25. The molecule has 0 aliphatic rings. The van der Waals surface area contributed by atoms with Gasteiger partial charge in [-0.3, -0.25) is 14.6 Å². The van der Waals surface area contributed by atoms with Gasteiger partial charge in [-0.15, -0.1) is 0 Å². The van der Waals surface area contributed by atoms with Gasteiger partial charge in [0.2, 0.25) is 5.95 Å². The van der Waals surface area contributed by atoms with E-state index in [1.54, 1.807) is 10.7 Å². The summed E-state index contributed by atoms with van der Waals surface area (Å²) in [5, 5.41) is 10.8. The van der Waals surface area contributed by atoms with Crippen LogP contribution in [0.1, 0.15) is 36.2 Å². The number of H-pyrrole nitrogens is 1. The standard InChI is InChI=1S/C23H24N6O2/c1-3-15(2)26-21(30)17-9-7-8-16(12-17)13-24-23-27-20-19(22(31)28-23)14-25-29(20)18-10-5-4-6-11-18/h4-12,14-15H,3,13H2,1-2H3,(H,26,30)(H2,24,27,28,31). The van der Waals surface area contributed by atoms with E-state index in [1.807, 2.05) is 62.4 Å². The first kappa shape index (κ1) is 20.3. The Morgan fingerprint density at radius 1 is 1.16 bits per heavy atom. The first-order valence-electron chi connectivity index (χ1n) is 10.2. The fourth-order valence-corrected chi connectivity index (χ4v) is 3.18. The van der Waals surface area contributed by atoms with Crippen LogP contribution in [0.3, 0.4) is 0 Å². The van der Waals surface area contributed by atoms with E-state index in [0.29, 0.717) is 29.1 Å². The molecular weight excluding hydrogens is 392 g/mol. The number of aromatic nitrogens is 4. The maximum absolute atomic E-state index is 12.5. The third-order valence-electron chi connectivity index (χ3n) is 5.08. The van der Waals surface area contributed by atoms with Crippen LogP contribution < -0.4 is 16.2 Å². The number of nitrogens with one attached hydrogen (secondary N) is 3. The van der Waals surface area contributed by atoms with Crippen molar-refractivity contribution in [3.05, 3.63) is 82.3 Å². The summed E-state index contributed by atoms with van der Waals surface area (Å²) < 4.78 is 1.63. The molecule has 0 aliphatic heterocycles. The Bertz CT molecular complexity index is 1260. The SMILES string of the molecule is CCC(C)NC(=O)c1cccc(CNc2nc3c(cnn3-c3ccccc3)c(=O)[nH]2)c1. The average molecular weight is 416 g/mol. The molecule has 1 amide bonds. The summed E-state index contributed by atoms with van der Waals surface area (Å²) in [6, 6.07) is 17.0. The minimum atomic E-state index is -0.267. The van der Waals surface area contributed by atoms with Crippen molar-refractivity contribution in [1.82, 2.24) is 25.1 Å². The van der Waals surface area contributed by atoms with Crippen LogP contribution in [0.15, 0.2) is 65.6 Å². The predicted molar refractivity (Wildman–Crippen MR) is 120 cm³/mol.